The molecule has 1 fully saturated rings. The second-order valence-corrected chi connectivity index (χ2v) is 7.29. The smallest absolute Gasteiger partial charge is 0.269 e. The van der Waals surface area contributed by atoms with Gasteiger partial charge in [-0.05, 0) is 18.2 Å². The molecule has 1 saturated heterocycles. The Labute approximate surface area is 150 Å². The molecule has 11 heteroatoms. The molecular formula is C15H17N5O5S. The maximum absolute atomic E-state index is 12.3. The summed E-state index contributed by atoms with van der Waals surface area (Å²) in [6.45, 7) is 2.54. The zero-order chi connectivity index (χ0) is 18.6. The first-order valence-electron chi connectivity index (χ1n) is 7.84. The topological polar surface area (TPSA) is 128 Å². The minimum Gasteiger partial charge on any atom is -0.378 e. The number of nitrogens with zero attached hydrogens (tertiary/aromatic N) is 4. The fourth-order valence-corrected chi connectivity index (χ4v) is 3.40. The van der Waals surface area contributed by atoms with E-state index in [1.807, 2.05) is 4.90 Å². The maximum atomic E-state index is 12.3. The lowest BCUT2D eigenvalue weighted by atomic mass is 10.3. The standard InChI is InChI=1S/C15H17N5O5S/c21-20(22)13-1-3-14(4-2-13)26(23,24)17-11-12-5-6-16-15(18-12)19-7-9-25-10-8-19/h1-6,17H,7-11H2. The minimum atomic E-state index is -3.81. The second kappa shape index (κ2) is 7.72. The van der Waals surface area contributed by atoms with E-state index in [0.29, 0.717) is 37.9 Å². The van der Waals surface area contributed by atoms with Crippen molar-refractivity contribution in [1.29, 1.82) is 0 Å². The van der Waals surface area contributed by atoms with Gasteiger partial charge in [0, 0.05) is 31.4 Å². The molecule has 26 heavy (non-hydrogen) atoms. The van der Waals surface area contributed by atoms with Crippen molar-refractivity contribution < 1.29 is 18.1 Å². The zero-order valence-corrected chi connectivity index (χ0v) is 14.6. The number of hydrogen-bond acceptors (Lipinski definition) is 8. The summed E-state index contributed by atoms with van der Waals surface area (Å²) in [6, 6.07) is 6.31. The van der Waals surface area contributed by atoms with Crippen LogP contribution in [0.5, 0.6) is 0 Å². The normalized spacial score (nSPS) is 15.0. The van der Waals surface area contributed by atoms with Gasteiger partial charge < -0.3 is 9.64 Å². The number of benzene rings is 1. The van der Waals surface area contributed by atoms with Crippen molar-refractivity contribution >= 4 is 21.7 Å². The van der Waals surface area contributed by atoms with Crippen molar-refractivity contribution in [2.75, 3.05) is 31.2 Å². The van der Waals surface area contributed by atoms with Gasteiger partial charge >= 0.3 is 0 Å². The van der Waals surface area contributed by atoms with Crippen molar-refractivity contribution in [2.45, 2.75) is 11.4 Å². The van der Waals surface area contributed by atoms with Gasteiger partial charge in [0.05, 0.1) is 35.3 Å². The number of anilines is 1. The Hall–Kier alpha value is -2.63. The van der Waals surface area contributed by atoms with Crippen LogP contribution in [0, 0.1) is 10.1 Å². The van der Waals surface area contributed by atoms with Crippen LogP contribution in [0.15, 0.2) is 41.4 Å². The van der Waals surface area contributed by atoms with Crippen molar-refractivity contribution in [2.24, 2.45) is 0 Å². The number of hydrogen-bond donors (Lipinski definition) is 1. The number of morpholine rings is 1. The Morgan fingerprint density at radius 3 is 2.54 bits per heavy atom. The van der Waals surface area contributed by atoms with Crippen molar-refractivity contribution in [1.82, 2.24) is 14.7 Å². The largest absolute Gasteiger partial charge is 0.378 e. The minimum absolute atomic E-state index is 0.0147. The fraction of sp³-hybridized carbons (Fsp3) is 0.333. The maximum Gasteiger partial charge on any atom is 0.269 e. The Balaban J connectivity index is 1.68. The Morgan fingerprint density at radius 2 is 1.88 bits per heavy atom. The average Bonchev–Trinajstić information content (AvgIpc) is 2.67. The van der Waals surface area contributed by atoms with E-state index in [-0.39, 0.29) is 17.1 Å². The van der Waals surface area contributed by atoms with Gasteiger partial charge in [0.15, 0.2) is 0 Å². The van der Waals surface area contributed by atoms with Crippen LogP contribution in [-0.4, -0.2) is 49.6 Å². The van der Waals surface area contributed by atoms with E-state index in [9.17, 15) is 18.5 Å². The van der Waals surface area contributed by atoms with Crippen LogP contribution < -0.4 is 9.62 Å². The zero-order valence-electron chi connectivity index (χ0n) is 13.7. The summed E-state index contributed by atoms with van der Waals surface area (Å²) in [7, 11) is -3.81. The number of nitro benzene ring substituents is 1. The first-order valence-corrected chi connectivity index (χ1v) is 9.33. The van der Waals surface area contributed by atoms with Crippen LogP contribution >= 0.6 is 0 Å². The Morgan fingerprint density at radius 1 is 1.19 bits per heavy atom. The summed E-state index contributed by atoms with van der Waals surface area (Å²) < 4.78 is 32.4. The number of nitrogens with one attached hydrogen (secondary N) is 1. The average molecular weight is 379 g/mol. The van der Waals surface area contributed by atoms with Gasteiger partial charge in [-0.1, -0.05) is 0 Å². The molecule has 2 heterocycles. The third-order valence-corrected chi connectivity index (χ3v) is 5.21. The molecule has 138 valence electrons. The summed E-state index contributed by atoms with van der Waals surface area (Å²) in [5, 5.41) is 10.6. The monoisotopic (exact) mass is 379 g/mol. The number of rotatable bonds is 6. The van der Waals surface area contributed by atoms with E-state index < -0.39 is 14.9 Å². The highest BCUT2D eigenvalue weighted by Crippen LogP contribution is 2.16. The number of ether oxygens (including phenoxy) is 1. The molecule has 0 spiro atoms. The summed E-state index contributed by atoms with van der Waals surface area (Å²) in [4.78, 5) is 20.6. The molecule has 0 atom stereocenters. The number of nitro groups is 1. The van der Waals surface area contributed by atoms with E-state index >= 15 is 0 Å². The predicted molar refractivity (Wildman–Crippen MR) is 92.2 cm³/mol. The predicted octanol–water partition coefficient (Wildman–Crippen LogP) is 0.700. The molecule has 1 aromatic heterocycles. The van der Waals surface area contributed by atoms with E-state index in [0.717, 1.165) is 12.1 Å². The SMILES string of the molecule is O=[N+]([O-])c1ccc(S(=O)(=O)NCc2ccnc(N3CCOCC3)n2)cc1. The summed E-state index contributed by atoms with van der Waals surface area (Å²) in [5.41, 5.74) is 0.349. The van der Waals surface area contributed by atoms with Gasteiger partial charge in [0.2, 0.25) is 16.0 Å². The van der Waals surface area contributed by atoms with Crippen LogP contribution in [0.25, 0.3) is 0 Å². The van der Waals surface area contributed by atoms with Gasteiger partial charge in [0.25, 0.3) is 5.69 Å². The highest BCUT2D eigenvalue weighted by Gasteiger charge is 2.17. The van der Waals surface area contributed by atoms with Gasteiger partial charge in [-0.15, -0.1) is 0 Å². The number of non-ortho nitro benzene ring substituents is 1. The van der Waals surface area contributed by atoms with Gasteiger partial charge in [-0.25, -0.2) is 23.1 Å². The first kappa shape index (κ1) is 18.2. The molecule has 10 nitrogen and oxygen atoms in total. The molecule has 0 radical (unpaired) electrons. The lowest BCUT2D eigenvalue weighted by molar-refractivity contribution is -0.384. The quantitative estimate of drug-likeness (QED) is 0.574. The van der Waals surface area contributed by atoms with Crippen molar-refractivity contribution in [3.05, 3.63) is 52.3 Å². The summed E-state index contributed by atoms with van der Waals surface area (Å²) in [5.74, 6) is 0.528. The molecular weight excluding hydrogens is 362 g/mol. The highest BCUT2D eigenvalue weighted by atomic mass is 32.2. The molecule has 0 amide bonds. The van der Waals surface area contributed by atoms with Crippen molar-refractivity contribution in [3.8, 4) is 0 Å². The first-order chi connectivity index (χ1) is 12.5. The van der Waals surface area contributed by atoms with Gasteiger partial charge in [-0.3, -0.25) is 10.1 Å². The molecule has 1 N–H and O–H groups in total. The second-order valence-electron chi connectivity index (χ2n) is 5.52. The fourth-order valence-electron chi connectivity index (χ4n) is 2.40. The van der Waals surface area contributed by atoms with Crippen LogP contribution in [0.1, 0.15) is 5.69 Å². The summed E-state index contributed by atoms with van der Waals surface area (Å²) in [6.07, 6.45) is 1.58. The van der Waals surface area contributed by atoms with Crippen LogP contribution in [0.4, 0.5) is 11.6 Å². The molecule has 0 saturated carbocycles. The van der Waals surface area contributed by atoms with Gasteiger partial charge in [-0.2, -0.15) is 0 Å². The van der Waals surface area contributed by atoms with Crippen LogP contribution in [-0.2, 0) is 21.3 Å². The Kier molecular flexibility index (Phi) is 5.40. The van der Waals surface area contributed by atoms with E-state index in [4.69, 9.17) is 4.74 Å². The molecule has 1 aliphatic heterocycles. The van der Waals surface area contributed by atoms with Crippen molar-refractivity contribution in [3.63, 3.8) is 0 Å². The Bertz CT molecular complexity index is 882. The molecule has 3 rings (SSSR count). The van der Waals surface area contributed by atoms with Crippen LogP contribution in [0.2, 0.25) is 0 Å². The third-order valence-electron chi connectivity index (χ3n) is 3.80. The van der Waals surface area contributed by atoms with E-state index in [1.54, 1.807) is 12.3 Å². The third kappa shape index (κ3) is 4.31. The molecule has 0 aliphatic carbocycles. The molecule has 2 aromatic rings. The van der Waals surface area contributed by atoms with Crippen LogP contribution in [0.3, 0.4) is 0 Å². The molecule has 1 aliphatic rings. The van der Waals surface area contributed by atoms with Gasteiger partial charge in [0.1, 0.15) is 0 Å². The number of aromatic nitrogens is 2. The molecule has 0 unspecified atom stereocenters. The lowest BCUT2D eigenvalue weighted by Gasteiger charge is -2.26. The molecule has 0 bridgehead atoms. The number of sulfonamides is 1. The van der Waals surface area contributed by atoms with E-state index in [2.05, 4.69) is 14.7 Å². The lowest BCUT2D eigenvalue weighted by Crippen LogP contribution is -2.37. The summed E-state index contributed by atoms with van der Waals surface area (Å²) >= 11 is 0. The highest BCUT2D eigenvalue weighted by molar-refractivity contribution is 7.89. The van der Waals surface area contributed by atoms with E-state index in [1.165, 1.54) is 12.1 Å². The molecule has 1 aromatic carbocycles.